The second-order valence-electron chi connectivity index (χ2n) is 3.32. The molecule has 0 saturated carbocycles. The second kappa shape index (κ2) is 4.18. The van der Waals surface area contributed by atoms with Crippen LogP contribution in [0.2, 0.25) is 0 Å². The van der Waals surface area contributed by atoms with Gasteiger partial charge in [0.05, 0.1) is 12.6 Å². The van der Waals surface area contributed by atoms with Gasteiger partial charge in [-0.15, -0.1) is 0 Å². The van der Waals surface area contributed by atoms with Gasteiger partial charge in [0.25, 0.3) is 0 Å². The van der Waals surface area contributed by atoms with Crippen LogP contribution >= 0.6 is 0 Å². The van der Waals surface area contributed by atoms with Gasteiger partial charge in [0.15, 0.2) is 5.78 Å². The van der Waals surface area contributed by atoms with Crippen molar-refractivity contribution < 1.29 is 22.8 Å². The number of alkyl halides is 3. The van der Waals surface area contributed by atoms with Crippen molar-refractivity contribution in [2.24, 2.45) is 5.73 Å². The van der Waals surface area contributed by atoms with Gasteiger partial charge < -0.3 is 10.6 Å². The topological polar surface area (TPSA) is 63.4 Å². The number of carbonyl (C=O) groups is 2. The van der Waals surface area contributed by atoms with E-state index in [0.717, 1.165) is 0 Å². The Balaban J connectivity index is 2.77. The summed E-state index contributed by atoms with van der Waals surface area (Å²) in [4.78, 5) is 22.6. The summed E-state index contributed by atoms with van der Waals surface area (Å²) >= 11 is 0. The SMILES string of the molecule is NCC(=O)C1CCCN1C(=O)C(F)(F)F. The Kier molecular flexibility index (Phi) is 3.33. The molecule has 15 heavy (non-hydrogen) atoms. The Labute approximate surface area is 84.2 Å². The van der Waals surface area contributed by atoms with E-state index in [-0.39, 0.29) is 19.5 Å². The number of rotatable bonds is 2. The number of hydrogen-bond donors (Lipinski definition) is 1. The van der Waals surface area contributed by atoms with Gasteiger partial charge in [0.1, 0.15) is 0 Å². The van der Waals surface area contributed by atoms with Gasteiger partial charge in [-0.25, -0.2) is 0 Å². The minimum Gasteiger partial charge on any atom is -0.325 e. The van der Waals surface area contributed by atoms with Gasteiger partial charge in [-0.1, -0.05) is 0 Å². The second-order valence-corrected chi connectivity index (χ2v) is 3.32. The molecule has 86 valence electrons. The van der Waals surface area contributed by atoms with Gasteiger partial charge in [0, 0.05) is 6.54 Å². The minimum absolute atomic E-state index is 0.0330. The van der Waals surface area contributed by atoms with E-state index in [1.807, 2.05) is 0 Å². The predicted octanol–water partition coefficient (Wildman–Crippen LogP) is 0.0675. The molecule has 1 amide bonds. The van der Waals surface area contributed by atoms with Crippen LogP contribution in [0.5, 0.6) is 0 Å². The lowest BCUT2D eigenvalue weighted by molar-refractivity contribution is -0.186. The fourth-order valence-corrected chi connectivity index (χ4v) is 1.64. The molecular weight excluding hydrogens is 213 g/mol. The quantitative estimate of drug-likeness (QED) is 0.721. The number of carbonyl (C=O) groups excluding carboxylic acids is 2. The fraction of sp³-hybridized carbons (Fsp3) is 0.750. The maximum atomic E-state index is 12.1. The molecule has 0 aromatic rings. The first-order chi connectivity index (χ1) is 6.88. The molecule has 0 bridgehead atoms. The van der Waals surface area contributed by atoms with Crippen molar-refractivity contribution in [3.8, 4) is 0 Å². The summed E-state index contributed by atoms with van der Waals surface area (Å²) in [5, 5.41) is 0. The Morgan fingerprint density at radius 1 is 1.40 bits per heavy atom. The third-order valence-electron chi connectivity index (χ3n) is 2.33. The van der Waals surface area contributed by atoms with Crippen LogP contribution < -0.4 is 5.73 Å². The molecule has 4 nitrogen and oxygen atoms in total. The standard InChI is InChI=1S/C8H11F3N2O2/c9-8(10,11)7(15)13-3-1-2-5(13)6(14)4-12/h5H,1-4,12H2. The van der Waals surface area contributed by atoms with E-state index in [2.05, 4.69) is 0 Å². The van der Waals surface area contributed by atoms with Crippen molar-refractivity contribution in [3.05, 3.63) is 0 Å². The largest absolute Gasteiger partial charge is 0.471 e. The third kappa shape index (κ3) is 2.47. The van der Waals surface area contributed by atoms with Gasteiger partial charge in [-0.05, 0) is 12.8 Å². The lowest BCUT2D eigenvalue weighted by Gasteiger charge is -2.23. The van der Waals surface area contributed by atoms with E-state index in [0.29, 0.717) is 11.3 Å². The average molecular weight is 224 g/mol. The zero-order chi connectivity index (χ0) is 11.6. The summed E-state index contributed by atoms with van der Waals surface area (Å²) < 4.78 is 36.3. The predicted molar refractivity (Wildman–Crippen MR) is 44.9 cm³/mol. The van der Waals surface area contributed by atoms with Gasteiger partial charge >= 0.3 is 12.1 Å². The number of hydrogen-bond acceptors (Lipinski definition) is 3. The number of amides is 1. The number of nitrogens with zero attached hydrogens (tertiary/aromatic N) is 1. The number of ketones is 1. The van der Waals surface area contributed by atoms with Crippen LogP contribution in [0.3, 0.4) is 0 Å². The van der Waals surface area contributed by atoms with Crippen LogP contribution in [0.25, 0.3) is 0 Å². The summed E-state index contributed by atoms with van der Waals surface area (Å²) in [5.41, 5.74) is 5.05. The van der Waals surface area contributed by atoms with Gasteiger partial charge in [0.2, 0.25) is 0 Å². The highest BCUT2D eigenvalue weighted by Gasteiger charge is 2.47. The first kappa shape index (κ1) is 12.0. The van der Waals surface area contributed by atoms with Crippen LogP contribution in [0.1, 0.15) is 12.8 Å². The molecular formula is C8H11F3N2O2. The normalized spacial score (nSPS) is 21.9. The molecule has 1 unspecified atom stereocenters. The number of Topliss-reactive ketones (excluding diaryl/α,β-unsaturated/α-hetero) is 1. The summed E-state index contributed by atoms with van der Waals surface area (Å²) in [6.45, 7) is -0.374. The van der Waals surface area contributed by atoms with Crippen LogP contribution in [-0.2, 0) is 9.59 Å². The molecule has 1 aliphatic rings. The van der Waals surface area contributed by atoms with Crippen molar-refractivity contribution in [2.45, 2.75) is 25.1 Å². The van der Waals surface area contributed by atoms with Crippen molar-refractivity contribution in [1.82, 2.24) is 4.90 Å². The number of halogens is 3. The van der Waals surface area contributed by atoms with Crippen molar-refractivity contribution >= 4 is 11.7 Å². The monoisotopic (exact) mass is 224 g/mol. The zero-order valence-electron chi connectivity index (χ0n) is 7.88. The molecule has 1 atom stereocenters. The molecule has 1 aliphatic heterocycles. The lowest BCUT2D eigenvalue weighted by Crippen LogP contribution is -2.48. The fourth-order valence-electron chi connectivity index (χ4n) is 1.64. The average Bonchev–Trinajstić information content (AvgIpc) is 2.62. The molecule has 7 heteroatoms. The van der Waals surface area contributed by atoms with E-state index in [4.69, 9.17) is 5.73 Å². The first-order valence-corrected chi connectivity index (χ1v) is 4.48. The zero-order valence-corrected chi connectivity index (χ0v) is 7.88. The summed E-state index contributed by atoms with van der Waals surface area (Å²) in [7, 11) is 0. The molecule has 1 heterocycles. The molecule has 0 aliphatic carbocycles. The number of nitrogens with two attached hydrogens (primary N) is 1. The summed E-state index contributed by atoms with van der Waals surface area (Å²) in [5.74, 6) is -2.48. The third-order valence-corrected chi connectivity index (χ3v) is 2.33. The highest BCUT2D eigenvalue weighted by Crippen LogP contribution is 2.25. The van der Waals surface area contributed by atoms with E-state index in [1.54, 1.807) is 0 Å². The lowest BCUT2D eigenvalue weighted by atomic mass is 10.1. The highest BCUT2D eigenvalue weighted by molar-refractivity contribution is 5.92. The smallest absolute Gasteiger partial charge is 0.325 e. The Morgan fingerprint density at radius 3 is 2.47 bits per heavy atom. The Bertz CT molecular complexity index is 278. The van der Waals surface area contributed by atoms with E-state index >= 15 is 0 Å². The molecule has 0 aromatic heterocycles. The van der Waals surface area contributed by atoms with Crippen LogP contribution in [-0.4, -0.2) is 41.9 Å². The van der Waals surface area contributed by atoms with E-state index in [1.165, 1.54) is 0 Å². The molecule has 1 rings (SSSR count). The molecule has 1 fully saturated rings. The minimum atomic E-state index is -4.92. The van der Waals surface area contributed by atoms with Crippen molar-refractivity contribution in [2.75, 3.05) is 13.1 Å². The number of likely N-dealkylation sites (tertiary alicyclic amines) is 1. The van der Waals surface area contributed by atoms with Crippen LogP contribution in [0.15, 0.2) is 0 Å². The highest BCUT2D eigenvalue weighted by atomic mass is 19.4. The van der Waals surface area contributed by atoms with Crippen LogP contribution in [0, 0.1) is 0 Å². The van der Waals surface area contributed by atoms with Gasteiger partial charge in [-0.3, -0.25) is 9.59 Å². The van der Waals surface area contributed by atoms with Crippen LogP contribution in [0.4, 0.5) is 13.2 Å². The Morgan fingerprint density at radius 2 is 2.00 bits per heavy atom. The summed E-state index contributed by atoms with van der Waals surface area (Å²) in [6, 6.07) is -0.996. The van der Waals surface area contributed by atoms with Gasteiger partial charge in [-0.2, -0.15) is 13.2 Å². The van der Waals surface area contributed by atoms with Crippen molar-refractivity contribution in [1.29, 1.82) is 0 Å². The van der Waals surface area contributed by atoms with E-state index in [9.17, 15) is 22.8 Å². The molecule has 1 saturated heterocycles. The maximum absolute atomic E-state index is 12.1. The van der Waals surface area contributed by atoms with Crippen molar-refractivity contribution in [3.63, 3.8) is 0 Å². The maximum Gasteiger partial charge on any atom is 0.471 e. The molecule has 0 radical (unpaired) electrons. The Hall–Kier alpha value is -1.11. The molecule has 0 spiro atoms. The first-order valence-electron chi connectivity index (χ1n) is 4.48. The molecule has 0 aromatic carbocycles. The molecule has 2 N–H and O–H groups in total. The van der Waals surface area contributed by atoms with E-state index < -0.39 is 23.9 Å². The summed E-state index contributed by atoms with van der Waals surface area (Å²) in [6.07, 6.45) is -4.26.